The number of piperazine rings is 1. The van der Waals surface area contributed by atoms with E-state index in [0.717, 1.165) is 0 Å². The SMILES string of the molecule is COC[C@@H](C)Oc1cc(C(=O)Nc2nccs2)cc(Oc2ccc(S(=O)(=O)N3CCN(C)CC3)cc2)n1. The first-order valence-corrected chi connectivity index (χ1v) is 13.9. The van der Waals surface area contributed by atoms with Crippen molar-refractivity contribution in [3.05, 3.63) is 53.5 Å². The Bertz CT molecular complexity index is 1290. The van der Waals surface area contributed by atoms with E-state index in [0.29, 0.717) is 43.7 Å². The number of aromatic nitrogens is 2. The lowest BCUT2D eigenvalue weighted by Gasteiger charge is -2.31. The second-order valence-corrected chi connectivity index (χ2v) is 11.3. The average Bonchev–Trinajstić information content (AvgIpc) is 3.38. The molecule has 1 saturated heterocycles. The number of sulfonamides is 1. The Morgan fingerprint density at radius 3 is 2.49 bits per heavy atom. The Morgan fingerprint density at radius 1 is 1.14 bits per heavy atom. The largest absolute Gasteiger partial charge is 0.472 e. The Balaban J connectivity index is 1.53. The number of methoxy groups -OCH3 is 1. The monoisotopic (exact) mass is 547 g/mol. The van der Waals surface area contributed by atoms with Crippen molar-refractivity contribution in [2.24, 2.45) is 0 Å². The Hall–Kier alpha value is -3.10. The normalized spacial score (nSPS) is 15.8. The van der Waals surface area contributed by atoms with Crippen LogP contribution in [-0.2, 0) is 14.8 Å². The van der Waals surface area contributed by atoms with Crippen LogP contribution in [0.15, 0.2) is 52.9 Å². The van der Waals surface area contributed by atoms with E-state index < -0.39 is 15.9 Å². The van der Waals surface area contributed by atoms with Crippen molar-refractivity contribution in [3.63, 3.8) is 0 Å². The standard InChI is InChI=1S/C24H29N5O6S2/c1-17(16-33-3)34-21-14-18(23(30)27-24-25-8-13-36-24)15-22(26-21)35-19-4-6-20(7-5-19)37(31,32)29-11-9-28(2)10-12-29/h4-8,13-15,17H,9-12,16H2,1-3H3,(H,25,27,30)/t17-/m1/s1. The lowest BCUT2D eigenvalue weighted by atomic mass is 10.2. The minimum Gasteiger partial charge on any atom is -0.472 e. The number of thiazole rings is 1. The summed E-state index contributed by atoms with van der Waals surface area (Å²) in [5.41, 5.74) is 0.258. The average molecular weight is 548 g/mol. The summed E-state index contributed by atoms with van der Waals surface area (Å²) in [6, 6.07) is 9.10. The van der Waals surface area contributed by atoms with Crippen molar-refractivity contribution in [1.29, 1.82) is 0 Å². The molecular formula is C24H29N5O6S2. The molecule has 0 radical (unpaired) electrons. The van der Waals surface area contributed by atoms with Crippen molar-refractivity contribution in [1.82, 2.24) is 19.2 Å². The van der Waals surface area contributed by atoms with Gasteiger partial charge >= 0.3 is 0 Å². The van der Waals surface area contributed by atoms with Crippen molar-refractivity contribution in [3.8, 4) is 17.5 Å². The molecule has 2 aromatic heterocycles. The van der Waals surface area contributed by atoms with E-state index in [4.69, 9.17) is 14.2 Å². The summed E-state index contributed by atoms with van der Waals surface area (Å²) in [5, 5.41) is 4.93. The van der Waals surface area contributed by atoms with Crippen LogP contribution in [0.3, 0.4) is 0 Å². The molecule has 1 atom stereocenters. The molecule has 1 aliphatic heterocycles. The number of hydrogen-bond donors (Lipinski definition) is 1. The molecule has 4 rings (SSSR count). The second-order valence-electron chi connectivity index (χ2n) is 8.49. The van der Waals surface area contributed by atoms with Gasteiger partial charge in [-0.1, -0.05) is 0 Å². The van der Waals surface area contributed by atoms with E-state index in [2.05, 4.69) is 20.2 Å². The first-order valence-electron chi connectivity index (χ1n) is 11.6. The van der Waals surface area contributed by atoms with E-state index in [-0.39, 0.29) is 28.3 Å². The van der Waals surface area contributed by atoms with Gasteiger partial charge in [-0.25, -0.2) is 13.4 Å². The quantitative estimate of drug-likeness (QED) is 0.408. The van der Waals surface area contributed by atoms with Gasteiger partial charge in [-0.3, -0.25) is 10.1 Å². The van der Waals surface area contributed by atoms with E-state index in [1.807, 2.05) is 14.0 Å². The predicted octanol–water partition coefficient (Wildman–Crippen LogP) is 2.93. The summed E-state index contributed by atoms with van der Waals surface area (Å²) < 4.78 is 44.3. The number of likely N-dealkylation sites (N-methyl/N-ethyl adjacent to an activating group) is 1. The predicted molar refractivity (Wildman–Crippen MR) is 139 cm³/mol. The maximum Gasteiger partial charge on any atom is 0.257 e. The number of benzene rings is 1. The van der Waals surface area contributed by atoms with Gasteiger partial charge in [-0.15, -0.1) is 11.3 Å². The highest BCUT2D eigenvalue weighted by Gasteiger charge is 2.27. The van der Waals surface area contributed by atoms with E-state index in [1.54, 1.807) is 30.8 Å². The molecule has 1 aliphatic rings. The van der Waals surface area contributed by atoms with E-state index >= 15 is 0 Å². The van der Waals surface area contributed by atoms with Crippen LogP contribution in [-0.4, -0.2) is 86.5 Å². The number of nitrogens with zero attached hydrogens (tertiary/aromatic N) is 4. The molecule has 0 spiro atoms. The van der Waals surface area contributed by atoms with Crippen molar-refractivity contribution >= 4 is 32.4 Å². The number of carbonyl (C=O) groups excluding carboxylic acids is 1. The maximum absolute atomic E-state index is 13.0. The smallest absolute Gasteiger partial charge is 0.257 e. The molecule has 3 heterocycles. The second kappa shape index (κ2) is 12.0. The zero-order valence-electron chi connectivity index (χ0n) is 20.8. The molecule has 0 bridgehead atoms. The van der Waals surface area contributed by atoms with E-state index in [1.165, 1.54) is 39.9 Å². The molecule has 37 heavy (non-hydrogen) atoms. The summed E-state index contributed by atoms with van der Waals surface area (Å²) in [4.78, 5) is 23.5. The zero-order chi connectivity index (χ0) is 26.4. The van der Waals surface area contributed by atoms with Crippen molar-refractivity contribution < 1.29 is 27.4 Å². The fraction of sp³-hybridized carbons (Fsp3) is 0.375. The first kappa shape index (κ1) is 26.9. The molecule has 0 aliphatic carbocycles. The Kier molecular flexibility index (Phi) is 8.71. The van der Waals surface area contributed by atoms with Crippen LogP contribution in [0.5, 0.6) is 17.5 Å². The highest BCUT2D eigenvalue weighted by Crippen LogP contribution is 2.27. The third-order valence-electron chi connectivity index (χ3n) is 5.56. The molecule has 3 aromatic rings. The fourth-order valence-electron chi connectivity index (χ4n) is 3.63. The number of anilines is 1. The molecule has 1 fully saturated rings. The molecule has 11 nitrogen and oxygen atoms in total. The molecule has 1 N–H and O–H groups in total. The third kappa shape index (κ3) is 7.02. The number of pyridine rings is 1. The van der Waals surface area contributed by atoms with Crippen LogP contribution in [0.2, 0.25) is 0 Å². The molecule has 198 valence electrons. The van der Waals surface area contributed by atoms with Gasteiger partial charge in [0.05, 0.1) is 17.1 Å². The van der Waals surface area contributed by atoms with Gasteiger partial charge < -0.3 is 19.1 Å². The van der Waals surface area contributed by atoms with Gasteiger partial charge in [-0.2, -0.15) is 9.29 Å². The third-order valence-corrected chi connectivity index (χ3v) is 8.16. The fourth-order valence-corrected chi connectivity index (χ4v) is 5.58. The molecule has 1 amide bonds. The Labute approximate surface area is 220 Å². The molecule has 0 saturated carbocycles. The number of amides is 1. The van der Waals surface area contributed by atoms with Crippen LogP contribution in [0.4, 0.5) is 5.13 Å². The first-order chi connectivity index (χ1) is 17.7. The van der Waals surface area contributed by atoms with Crippen LogP contribution in [0.25, 0.3) is 0 Å². The van der Waals surface area contributed by atoms with Crippen molar-refractivity contribution in [2.45, 2.75) is 17.9 Å². The van der Waals surface area contributed by atoms with Gasteiger partial charge in [0.25, 0.3) is 5.91 Å². The molecular weight excluding hydrogens is 518 g/mol. The highest BCUT2D eigenvalue weighted by atomic mass is 32.2. The summed E-state index contributed by atoms with van der Waals surface area (Å²) in [5.74, 6) is 0.250. The van der Waals surface area contributed by atoms with Crippen LogP contribution >= 0.6 is 11.3 Å². The molecule has 13 heteroatoms. The minimum absolute atomic E-state index is 0.112. The van der Waals surface area contributed by atoms with E-state index in [9.17, 15) is 13.2 Å². The number of hydrogen-bond acceptors (Lipinski definition) is 10. The topological polar surface area (TPSA) is 123 Å². The summed E-state index contributed by atoms with van der Waals surface area (Å²) in [6.45, 7) is 4.41. The maximum atomic E-state index is 13.0. The zero-order valence-corrected chi connectivity index (χ0v) is 22.4. The molecule has 1 aromatic carbocycles. The lowest BCUT2D eigenvalue weighted by Crippen LogP contribution is -2.46. The van der Waals surface area contributed by atoms with Gasteiger partial charge in [0.2, 0.25) is 21.8 Å². The van der Waals surface area contributed by atoms with Gasteiger partial charge in [0.1, 0.15) is 11.9 Å². The van der Waals surface area contributed by atoms with Gasteiger partial charge in [-0.05, 0) is 38.2 Å². The summed E-state index contributed by atoms with van der Waals surface area (Å²) >= 11 is 1.30. The Morgan fingerprint density at radius 2 is 1.84 bits per heavy atom. The summed E-state index contributed by atoms with van der Waals surface area (Å²) in [6.07, 6.45) is 1.28. The minimum atomic E-state index is -3.60. The van der Waals surface area contributed by atoms with Crippen molar-refractivity contribution in [2.75, 3.05) is 52.3 Å². The number of rotatable bonds is 10. The van der Waals surface area contributed by atoms with Crippen LogP contribution in [0.1, 0.15) is 17.3 Å². The van der Waals surface area contributed by atoms with Crippen LogP contribution in [0, 0.1) is 0 Å². The number of ether oxygens (including phenoxy) is 3. The van der Waals surface area contributed by atoms with Crippen LogP contribution < -0.4 is 14.8 Å². The summed E-state index contributed by atoms with van der Waals surface area (Å²) in [7, 11) is -0.0663. The van der Waals surface area contributed by atoms with Gasteiger partial charge in [0.15, 0.2) is 5.13 Å². The molecule has 0 unspecified atom stereocenters. The van der Waals surface area contributed by atoms with Gasteiger partial charge in [0, 0.05) is 57.0 Å². The number of carbonyl (C=O) groups is 1. The lowest BCUT2D eigenvalue weighted by molar-refractivity contribution is 0.0882. The highest BCUT2D eigenvalue weighted by molar-refractivity contribution is 7.89. The number of nitrogens with one attached hydrogen (secondary N) is 1.